The van der Waals surface area contributed by atoms with E-state index < -0.39 is 0 Å². The Kier molecular flexibility index (Phi) is 4.31. The minimum atomic E-state index is -0.178. The van der Waals surface area contributed by atoms with Gasteiger partial charge in [0.1, 0.15) is 0 Å². The number of hydrogen-bond acceptors (Lipinski definition) is 5. The van der Waals surface area contributed by atoms with Gasteiger partial charge >= 0.3 is 5.97 Å². The van der Waals surface area contributed by atoms with E-state index in [0.29, 0.717) is 18.7 Å². The number of anilines is 1. The zero-order valence-electron chi connectivity index (χ0n) is 11.0. The zero-order valence-corrected chi connectivity index (χ0v) is 11.8. The molecule has 1 unspecified atom stereocenters. The van der Waals surface area contributed by atoms with Crippen molar-refractivity contribution in [3.63, 3.8) is 0 Å². The van der Waals surface area contributed by atoms with E-state index in [4.69, 9.17) is 10.5 Å². The van der Waals surface area contributed by atoms with E-state index in [0.717, 1.165) is 16.2 Å². The normalized spacial score (nSPS) is 12.5. The summed E-state index contributed by atoms with van der Waals surface area (Å²) < 4.78 is 4.93. The third-order valence-electron chi connectivity index (χ3n) is 2.56. The molecule has 0 aliphatic carbocycles. The van der Waals surface area contributed by atoms with Crippen LogP contribution in [0.4, 0.5) is 5.69 Å². The molecule has 0 aliphatic heterocycles. The molecule has 6 heteroatoms. The van der Waals surface area contributed by atoms with Crippen LogP contribution in [0.1, 0.15) is 20.3 Å². The summed E-state index contributed by atoms with van der Waals surface area (Å²) in [5.74, 6) is -0.178. The van der Waals surface area contributed by atoms with Crippen LogP contribution in [0.2, 0.25) is 0 Å². The van der Waals surface area contributed by atoms with Crippen LogP contribution in [0.5, 0.6) is 0 Å². The highest BCUT2D eigenvalue weighted by molar-refractivity contribution is 7.99. The molecule has 5 nitrogen and oxygen atoms in total. The van der Waals surface area contributed by atoms with Gasteiger partial charge < -0.3 is 15.5 Å². The summed E-state index contributed by atoms with van der Waals surface area (Å²) in [6.07, 6.45) is 0.373. The number of rotatable bonds is 5. The second kappa shape index (κ2) is 5.97. The molecule has 102 valence electrons. The molecule has 1 heterocycles. The van der Waals surface area contributed by atoms with Gasteiger partial charge in [-0.05, 0) is 25.1 Å². The molecule has 19 heavy (non-hydrogen) atoms. The summed E-state index contributed by atoms with van der Waals surface area (Å²) in [5, 5.41) is 0.898. The number of aromatic nitrogens is 2. The lowest BCUT2D eigenvalue weighted by Gasteiger charge is -2.07. The Bertz CT molecular complexity index is 582. The van der Waals surface area contributed by atoms with Crippen LogP contribution in [-0.2, 0) is 9.53 Å². The summed E-state index contributed by atoms with van der Waals surface area (Å²) in [7, 11) is 0. The molecule has 0 aliphatic rings. The van der Waals surface area contributed by atoms with Gasteiger partial charge in [-0.1, -0.05) is 18.7 Å². The van der Waals surface area contributed by atoms with Gasteiger partial charge in [-0.3, -0.25) is 4.79 Å². The van der Waals surface area contributed by atoms with E-state index in [2.05, 4.69) is 9.97 Å². The van der Waals surface area contributed by atoms with Crippen molar-refractivity contribution in [2.24, 2.45) is 0 Å². The Morgan fingerprint density at radius 2 is 2.37 bits per heavy atom. The molecule has 0 saturated heterocycles. The average Bonchev–Trinajstić information content (AvgIpc) is 2.70. The number of nitrogens with two attached hydrogens (primary N) is 1. The molecule has 0 radical (unpaired) electrons. The van der Waals surface area contributed by atoms with Crippen molar-refractivity contribution in [1.29, 1.82) is 0 Å². The van der Waals surface area contributed by atoms with Gasteiger partial charge in [-0.25, -0.2) is 4.98 Å². The van der Waals surface area contributed by atoms with Crippen LogP contribution in [0.15, 0.2) is 23.4 Å². The number of carbonyl (C=O) groups excluding carboxylic acids is 1. The predicted octanol–water partition coefficient (Wildman–Crippen LogP) is 2.58. The largest absolute Gasteiger partial charge is 0.466 e. The van der Waals surface area contributed by atoms with Gasteiger partial charge in [0.15, 0.2) is 5.16 Å². The molecule has 2 aromatic rings. The van der Waals surface area contributed by atoms with Gasteiger partial charge in [0, 0.05) is 10.9 Å². The van der Waals surface area contributed by atoms with Crippen LogP contribution in [0, 0.1) is 0 Å². The van der Waals surface area contributed by atoms with Crippen molar-refractivity contribution in [3.05, 3.63) is 18.2 Å². The lowest BCUT2D eigenvalue weighted by molar-refractivity contribution is -0.142. The molecule has 0 bridgehead atoms. The Morgan fingerprint density at radius 3 is 3.11 bits per heavy atom. The Labute approximate surface area is 115 Å². The average molecular weight is 279 g/mol. The van der Waals surface area contributed by atoms with Crippen molar-refractivity contribution in [3.8, 4) is 0 Å². The number of nitrogen functional groups attached to an aromatic ring is 1. The third-order valence-corrected chi connectivity index (χ3v) is 3.54. The highest BCUT2D eigenvalue weighted by atomic mass is 32.2. The van der Waals surface area contributed by atoms with Crippen LogP contribution in [0.25, 0.3) is 11.0 Å². The molecule has 0 fully saturated rings. The fraction of sp³-hybridized carbons (Fsp3) is 0.385. The first-order valence-corrected chi connectivity index (χ1v) is 7.04. The number of carbonyl (C=O) groups is 1. The maximum atomic E-state index is 11.4. The minimum absolute atomic E-state index is 0.108. The monoisotopic (exact) mass is 279 g/mol. The molecule has 0 spiro atoms. The molecule has 1 atom stereocenters. The highest BCUT2D eigenvalue weighted by Crippen LogP contribution is 2.26. The quantitative estimate of drug-likeness (QED) is 0.499. The first kappa shape index (κ1) is 13.7. The summed E-state index contributed by atoms with van der Waals surface area (Å²) in [6, 6.07) is 5.54. The molecular weight excluding hydrogens is 262 g/mol. The standard InChI is InChI=1S/C13H17N3O2S/c1-3-18-12(17)6-8(2)19-13-15-10-5-4-9(14)7-11(10)16-13/h4-5,7-8H,3,6,14H2,1-2H3,(H,15,16). The van der Waals surface area contributed by atoms with Crippen molar-refractivity contribution in [2.45, 2.75) is 30.7 Å². The van der Waals surface area contributed by atoms with E-state index in [1.807, 2.05) is 25.1 Å². The SMILES string of the molecule is CCOC(=O)CC(C)Sc1nc2ccc(N)cc2[nH]1. The van der Waals surface area contributed by atoms with E-state index in [-0.39, 0.29) is 11.2 Å². The fourth-order valence-corrected chi connectivity index (χ4v) is 2.67. The van der Waals surface area contributed by atoms with Gasteiger partial charge in [-0.15, -0.1) is 0 Å². The maximum Gasteiger partial charge on any atom is 0.306 e. The second-order valence-electron chi connectivity index (χ2n) is 4.26. The van der Waals surface area contributed by atoms with Gasteiger partial charge in [0.2, 0.25) is 0 Å². The number of esters is 1. The Morgan fingerprint density at radius 1 is 1.58 bits per heavy atom. The summed E-state index contributed by atoms with van der Waals surface area (Å²) >= 11 is 1.52. The van der Waals surface area contributed by atoms with E-state index in [1.165, 1.54) is 11.8 Å². The third kappa shape index (κ3) is 3.64. The van der Waals surface area contributed by atoms with E-state index in [1.54, 1.807) is 6.92 Å². The molecule has 0 amide bonds. The summed E-state index contributed by atoms with van der Waals surface area (Å²) in [6.45, 7) is 4.20. The van der Waals surface area contributed by atoms with Crippen LogP contribution < -0.4 is 5.73 Å². The smallest absolute Gasteiger partial charge is 0.306 e. The van der Waals surface area contributed by atoms with Gasteiger partial charge in [0.05, 0.1) is 24.1 Å². The number of aromatic amines is 1. The number of benzene rings is 1. The number of nitrogens with zero attached hydrogens (tertiary/aromatic N) is 1. The number of fused-ring (bicyclic) bond motifs is 1. The fourth-order valence-electron chi connectivity index (χ4n) is 1.75. The number of H-pyrrole nitrogens is 1. The molecule has 1 aromatic carbocycles. The first-order valence-electron chi connectivity index (χ1n) is 6.16. The number of hydrogen-bond donors (Lipinski definition) is 2. The second-order valence-corrected chi connectivity index (χ2v) is 5.68. The van der Waals surface area contributed by atoms with Crippen molar-refractivity contribution >= 4 is 34.5 Å². The first-order chi connectivity index (χ1) is 9.08. The summed E-state index contributed by atoms with van der Waals surface area (Å²) in [5.41, 5.74) is 8.20. The van der Waals surface area contributed by atoms with Crippen molar-refractivity contribution < 1.29 is 9.53 Å². The van der Waals surface area contributed by atoms with Gasteiger partial charge in [-0.2, -0.15) is 0 Å². The summed E-state index contributed by atoms with van der Waals surface area (Å²) in [4.78, 5) is 19.0. The topological polar surface area (TPSA) is 81.0 Å². The van der Waals surface area contributed by atoms with Crippen molar-refractivity contribution in [1.82, 2.24) is 9.97 Å². The van der Waals surface area contributed by atoms with Crippen LogP contribution in [-0.4, -0.2) is 27.8 Å². The number of imidazole rings is 1. The number of ether oxygens (including phenoxy) is 1. The molecule has 1 aromatic heterocycles. The molecular formula is C13H17N3O2S. The van der Waals surface area contributed by atoms with Crippen LogP contribution in [0.3, 0.4) is 0 Å². The zero-order chi connectivity index (χ0) is 13.8. The lowest BCUT2D eigenvalue weighted by Crippen LogP contribution is -2.10. The van der Waals surface area contributed by atoms with Crippen LogP contribution >= 0.6 is 11.8 Å². The number of nitrogens with one attached hydrogen (secondary N) is 1. The predicted molar refractivity (Wildman–Crippen MR) is 77.1 cm³/mol. The highest BCUT2D eigenvalue weighted by Gasteiger charge is 2.13. The lowest BCUT2D eigenvalue weighted by atomic mass is 10.3. The minimum Gasteiger partial charge on any atom is -0.466 e. The molecule has 0 saturated carbocycles. The molecule has 3 N–H and O–H groups in total. The Hall–Kier alpha value is -1.69. The Balaban J connectivity index is 2.02. The van der Waals surface area contributed by atoms with E-state index in [9.17, 15) is 4.79 Å². The van der Waals surface area contributed by atoms with Gasteiger partial charge in [0.25, 0.3) is 0 Å². The maximum absolute atomic E-state index is 11.4. The van der Waals surface area contributed by atoms with Crippen molar-refractivity contribution in [2.75, 3.05) is 12.3 Å². The van der Waals surface area contributed by atoms with E-state index >= 15 is 0 Å². The molecule has 2 rings (SSSR count). The number of thioether (sulfide) groups is 1.